The lowest BCUT2D eigenvalue weighted by molar-refractivity contribution is -0.114. The van der Waals surface area contributed by atoms with Gasteiger partial charge in [0.1, 0.15) is 10.6 Å². The van der Waals surface area contributed by atoms with E-state index in [1.165, 1.54) is 31.2 Å². The fourth-order valence-electron chi connectivity index (χ4n) is 3.88. The average Bonchev–Trinajstić information content (AvgIpc) is 3.64. The average molecular weight is 517 g/mol. The van der Waals surface area contributed by atoms with E-state index >= 15 is 0 Å². The summed E-state index contributed by atoms with van der Waals surface area (Å²) >= 11 is 0. The molecule has 2 N–H and O–H groups in total. The van der Waals surface area contributed by atoms with Crippen molar-refractivity contribution in [3.05, 3.63) is 48.0 Å². The number of amides is 3. The number of benzene rings is 2. The molecule has 9 nitrogen and oxygen atoms in total. The molecule has 0 atom stereocenters. The third kappa shape index (κ3) is 7.13. The molecule has 196 valence electrons. The van der Waals surface area contributed by atoms with Gasteiger partial charge < -0.3 is 24.6 Å². The first-order valence-electron chi connectivity index (χ1n) is 12.3. The molecule has 0 aromatic heterocycles. The van der Waals surface area contributed by atoms with Crippen LogP contribution in [-0.4, -0.2) is 50.4 Å². The molecule has 3 amide bonds. The van der Waals surface area contributed by atoms with E-state index in [2.05, 4.69) is 15.5 Å². The zero-order chi connectivity index (χ0) is 26.5. The number of anilines is 2. The van der Waals surface area contributed by atoms with Gasteiger partial charge in [0.15, 0.2) is 0 Å². The molecular formula is C26H36N4O5S. The predicted octanol–water partition coefficient (Wildman–Crippen LogP) is 4.34. The third-order valence-electron chi connectivity index (χ3n) is 5.84. The maximum Gasteiger partial charge on any atom is 0.339 e. The molecule has 0 unspecified atom stereocenters. The molecular weight excluding hydrogens is 480 g/mol. The minimum absolute atomic E-state index is 0.0136. The molecule has 0 aliphatic heterocycles. The number of carbonyl (C=O) groups excluding carboxylic acids is 2. The third-order valence-corrected chi connectivity index (χ3v) is 7.09. The van der Waals surface area contributed by atoms with Gasteiger partial charge in [-0.05, 0) is 70.9 Å². The highest BCUT2D eigenvalue weighted by Crippen LogP contribution is 2.34. The van der Waals surface area contributed by atoms with E-state index in [4.69, 9.17) is 4.18 Å². The van der Waals surface area contributed by atoms with Crippen molar-refractivity contribution in [1.82, 2.24) is 10.2 Å². The molecule has 1 aliphatic carbocycles. The molecule has 10 heteroatoms. The first-order valence-corrected chi connectivity index (χ1v) is 13.7. The molecule has 36 heavy (non-hydrogen) atoms. The zero-order valence-corrected chi connectivity index (χ0v) is 22.4. The smallest absolute Gasteiger partial charge is 0.339 e. The molecule has 1 aliphatic rings. The summed E-state index contributed by atoms with van der Waals surface area (Å²) in [6.45, 7) is 11.0. The second-order valence-corrected chi connectivity index (χ2v) is 10.7. The van der Waals surface area contributed by atoms with Crippen molar-refractivity contribution in [1.29, 1.82) is 0 Å². The van der Waals surface area contributed by atoms with E-state index in [-0.39, 0.29) is 41.2 Å². The largest absolute Gasteiger partial charge is 0.379 e. The van der Waals surface area contributed by atoms with Crippen LogP contribution in [0.1, 0.15) is 53.0 Å². The maximum absolute atomic E-state index is 13.2. The first-order chi connectivity index (χ1) is 17.0. The Bertz CT molecular complexity index is 1170. The number of hydrogen-bond donors (Lipinski definition) is 2. The van der Waals surface area contributed by atoms with Crippen molar-refractivity contribution in [3.8, 4) is 5.75 Å². The molecule has 1 saturated carbocycles. The van der Waals surface area contributed by atoms with Gasteiger partial charge in [0.25, 0.3) is 0 Å². The number of hydrogen-bond acceptors (Lipinski definition) is 6. The lowest BCUT2D eigenvalue weighted by Crippen LogP contribution is -2.43. The molecule has 2 aromatic rings. The van der Waals surface area contributed by atoms with Crippen LogP contribution in [0.15, 0.2) is 47.4 Å². The normalized spacial score (nSPS) is 13.3. The van der Waals surface area contributed by atoms with Crippen molar-refractivity contribution in [3.63, 3.8) is 0 Å². The molecule has 1 fully saturated rings. The minimum atomic E-state index is -4.17. The maximum atomic E-state index is 13.2. The molecule has 2 aromatic carbocycles. The second kappa shape index (κ2) is 11.6. The van der Waals surface area contributed by atoms with Crippen LogP contribution in [-0.2, 0) is 21.5 Å². The summed E-state index contributed by atoms with van der Waals surface area (Å²) < 4.78 is 32.1. The Kier molecular flexibility index (Phi) is 8.84. The van der Waals surface area contributed by atoms with Gasteiger partial charge >= 0.3 is 16.1 Å². The highest BCUT2D eigenvalue weighted by Gasteiger charge is 2.34. The van der Waals surface area contributed by atoms with Gasteiger partial charge in [-0.1, -0.05) is 6.07 Å². The highest BCUT2D eigenvalue weighted by atomic mass is 32.2. The van der Waals surface area contributed by atoms with E-state index < -0.39 is 10.1 Å². The molecule has 3 rings (SSSR count). The minimum Gasteiger partial charge on any atom is -0.379 e. The van der Waals surface area contributed by atoms with Crippen LogP contribution >= 0.6 is 0 Å². The van der Waals surface area contributed by atoms with E-state index in [1.807, 2.05) is 39.8 Å². The Morgan fingerprint density at radius 1 is 1.06 bits per heavy atom. The first kappa shape index (κ1) is 27.3. The summed E-state index contributed by atoms with van der Waals surface area (Å²) in [5, 5.41) is 5.55. The van der Waals surface area contributed by atoms with Gasteiger partial charge in [-0.2, -0.15) is 8.42 Å². The van der Waals surface area contributed by atoms with Crippen LogP contribution in [0.3, 0.4) is 0 Å². The Morgan fingerprint density at radius 3 is 2.22 bits per heavy atom. The van der Waals surface area contributed by atoms with Crippen LogP contribution in [0.5, 0.6) is 5.75 Å². The molecule has 0 radical (unpaired) electrons. The van der Waals surface area contributed by atoms with Crippen LogP contribution in [0, 0.1) is 0 Å². The van der Waals surface area contributed by atoms with Crippen LogP contribution < -0.4 is 19.7 Å². The Labute approximate surface area is 213 Å². The van der Waals surface area contributed by atoms with E-state index in [9.17, 15) is 18.0 Å². The topological polar surface area (TPSA) is 108 Å². The lowest BCUT2D eigenvalue weighted by atomic mass is 10.1. The Morgan fingerprint density at radius 2 is 1.69 bits per heavy atom. The van der Waals surface area contributed by atoms with Gasteiger partial charge in [0, 0.05) is 55.1 Å². The van der Waals surface area contributed by atoms with Crippen molar-refractivity contribution in [2.45, 2.75) is 71.0 Å². The fraction of sp³-hybridized carbons (Fsp3) is 0.462. The van der Waals surface area contributed by atoms with Gasteiger partial charge in [0.2, 0.25) is 5.91 Å². The van der Waals surface area contributed by atoms with E-state index in [0.29, 0.717) is 11.3 Å². The summed E-state index contributed by atoms with van der Waals surface area (Å²) in [4.78, 5) is 27.9. The standard InChI is InChI=1S/C26H36N4O5S/c1-6-29(7-2)23-11-8-20(17-30(22-12-13-22)26(32)27-18(3)4)25(16-23)35-36(33,34)24-14-9-21(10-15-24)28-19(5)31/h8-11,14-16,18,22H,6-7,12-13,17H2,1-5H3,(H,27,32)(H,28,31). The second-order valence-electron chi connectivity index (χ2n) is 9.17. The Balaban J connectivity index is 1.94. The number of urea groups is 1. The molecule has 0 spiro atoms. The molecule has 0 bridgehead atoms. The summed E-state index contributed by atoms with van der Waals surface area (Å²) in [6.07, 6.45) is 1.83. The van der Waals surface area contributed by atoms with Crippen molar-refractivity contribution < 1.29 is 22.2 Å². The van der Waals surface area contributed by atoms with Gasteiger partial charge in [-0.15, -0.1) is 0 Å². The van der Waals surface area contributed by atoms with Gasteiger partial charge in [0.05, 0.1) is 6.54 Å². The van der Waals surface area contributed by atoms with Crippen molar-refractivity contribution in [2.24, 2.45) is 0 Å². The quantitative estimate of drug-likeness (QED) is 0.430. The Hall–Kier alpha value is -3.27. The summed E-state index contributed by atoms with van der Waals surface area (Å²) in [5.74, 6) is -0.0604. The number of nitrogens with one attached hydrogen (secondary N) is 2. The van der Waals surface area contributed by atoms with Gasteiger partial charge in [-0.25, -0.2) is 4.79 Å². The zero-order valence-electron chi connectivity index (χ0n) is 21.6. The van der Waals surface area contributed by atoms with Gasteiger partial charge in [-0.3, -0.25) is 4.79 Å². The SMILES string of the molecule is CCN(CC)c1ccc(CN(C(=O)NC(C)C)C2CC2)c(OS(=O)(=O)c2ccc(NC(C)=O)cc2)c1. The molecule has 0 saturated heterocycles. The number of nitrogens with zero attached hydrogens (tertiary/aromatic N) is 2. The number of carbonyl (C=O) groups is 2. The number of rotatable bonds is 11. The van der Waals surface area contributed by atoms with Crippen molar-refractivity contribution in [2.75, 3.05) is 23.3 Å². The van der Waals surface area contributed by atoms with E-state index in [0.717, 1.165) is 31.6 Å². The highest BCUT2D eigenvalue weighted by molar-refractivity contribution is 7.87. The monoisotopic (exact) mass is 516 g/mol. The fourth-order valence-corrected chi connectivity index (χ4v) is 4.83. The van der Waals surface area contributed by atoms with Crippen LogP contribution in [0.25, 0.3) is 0 Å². The van der Waals surface area contributed by atoms with Crippen LogP contribution in [0.2, 0.25) is 0 Å². The van der Waals surface area contributed by atoms with Crippen LogP contribution in [0.4, 0.5) is 16.2 Å². The van der Waals surface area contributed by atoms with E-state index in [1.54, 1.807) is 11.0 Å². The lowest BCUT2D eigenvalue weighted by Gasteiger charge is -2.26. The van der Waals surface area contributed by atoms with Crippen molar-refractivity contribution >= 4 is 33.4 Å². The summed E-state index contributed by atoms with van der Waals surface area (Å²) in [6, 6.07) is 11.2. The summed E-state index contributed by atoms with van der Waals surface area (Å²) in [5.41, 5.74) is 1.93. The summed E-state index contributed by atoms with van der Waals surface area (Å²) in [7, 11) is -4.17. The molecule has 0 heterocycles. The predicted molar refractivity (Wildman–Crippen MR) is 141 cm³/mol.